The van der Waals surface area contributed by atoms with E-state index < -0.39 is 5.25 Å². The predicted octanol–water partition coefficient (Wildman–Crippen LogP) is 3.61. The number of carbonyl (C=O) groups is 1. The van der Waals surface area contributed by atoms with Gasteiger partial charge in [-0.3, -0.25) is 4.79 Å². The first-order valence-electron chi connectivity index (χ1n) is 6.34. The lowest BCUT2D eigenvalue weighted by Gasteiger charge is -2.12. The van der Waals surface area contributed by atoms with Crippen molar-refractivity contribution < 1.29 is 9.18 Å². The number of aryl methyl sites for hydroxylation is 1. The smallest absolute Gasteiger partial charge is 0.237 e. The van der Waals surface area contributed by atoms with Crippen molar-refractivity contribution in [3.05, 3.63) is 65.5 Å². The van der Waals surface area contributed by atoms with Crippen molar-refractivity contribution >= 4 is 24.2 Å². The Hall–Kier alpha value is -1.81. The minimum Gasteiger partial charge on any atom is -0.325 e. The van der Waals surface area contributed by atoms with Crippen molar-refractivity contribution in [2.24, 2.45) is 0 Å². The molecule has 0 saturated heterocycles. The number of nitrogens with one attached hydrogen (secondary N) is 1. The lowest BCUT2D eigenvalue weighted by molar-refractivity contribution is -0.115. The monoisotopic (exact) mass is 289 g/mol. The number of amides is 1. The molecule has 0 fully saturated rings. The van der Waals surface area contributed by atoms with Crippen LogP contribution in [0.25, 0.3) is 0 Å². The van der Waals surface area contributed by atoms with Gasteiger partial charge in [0.15, 0.2) is 0 Å². The molecule has 1 amide bonds. The van der Waals surface area contributed by atoms with E-state index in [-0.39, 0.29) is 11.7 Å². The summed E-state index contributed by atoms with van der Waals surface area (Å²) in [5.74, 6) is -0.596. The molecule has 0 aromatic heterocycles. The van der Waals surface area contributed by atoms with Gasteiger partial charge in [-0.1, -0.05) is 30.3 Å². The molecule has 2 aromatic rings. The molecule has 0 aliphatic carbocycles. The number of rotatable bonds is 4. The molecule has 0 aliphatic rings. The fourth-order valence-corrected chi connectivity index (χ4v) is 2.24. The maximum absolute atomic E-state index is 13.3. The summed E-state index contributed by atoms with van der Waals surface area (Å²) in [5.41, 5.74) is 2.26. The molecule has 1 N–H and O–H groups in total. The van der Waals surface area contributed by atoms with Crippen LogP contribution in [0.15, 0.2) is 48.5 Å². The highest BCUT2D eigenvalue weighted by atomic mass is 32.1. The summed E-state index contributed by atoms with van der Waals surface area (Å²) in [7, 11) is 0. The summed E-state index contributed by atoms with van der Waals surface area (Å²) in [4.78, 5) is 12.0. The highest BCUT2D eigenvalue weighted by Crippen LogP contribution is 2.15. The van der Waals surface area contributed by atoms with Gasteiger partial charge in [-0.2, -0.15) is 12.6 Å². The zero-order valence-electron chi connectivity index (χ0n) is 11.1. The summed E-state index contributed by atoms with van der Waals surface area (Å²) in [6.07, 6.45) is 0.532. The van der Waals surface area contributed by atoms with Crippen LogP contribution in [-0.4, -0.2) is 11.2 Å². The van der Waals surface area contributed by atoms with E-state index >= 15 is 0 Å². The van der Waals surface area contributed by atoms with E-state index in [1.165, 1.54) is 12.1 Å². The van der Waals surface area contributed by atoms with E-state index in [2.05, 4.69) is 17.9 Å². The molecule has 0 aliphatic heterocycles. The molecular formula is C16H16FNOS. The average Bonchev–Trinajstić information content (AvgIpc) is 2.38. The van der Waals surface area contributed by atoms with Crippen molar-refractivity contribution in [3.63, 3.8) is 0 Å². The largest absolute Gasteiger partial charge is 0.325 e. The minimum absolute atomic E-state index is 0.234. The SMILES string of the molecule is Cc1cc(F)cc(NC(=O)C(S)Cc2ccccc2)c1. The molecular weight excluding hydrogens is 273 g/mol. The van der Waals surface area contributed by atoms with Gasteiger partial charge in [0.2, 0.25) is 5.91 Å². The van der Waals surface area contributed by atoms with Crippen LogP contribution < -0.4 is 5.32 Å². The van der Waals surface area contributed by atoms with Gasteiger partial charge in [0, 0.05) is 5.69 Å². The van der Waals surface area contributed by atoms with Gasteiger partial charge in [-0.15, -0.1) is 0 Å². The molecule has 0 spiro atoms. The molecule has 0 saturated carbocycles. The number of thiol groups is 1. The number of hydrogen-bond donors (Lipinski definition) is 2. The van der Waals surface area contributed by atoms with E-state index in [0.717, 1.165) is 11.1 Å². The van der Waals surface area contributed by atoms with Crippen molar-refractivity contribution in [2.45, 2.75) is 18.6 Å². The van der Waals surface area contributed by atoms with Gasteiger partial charge in [-0.25, -0.2) is 4.39 Å². The number of benzene rings is 2. The molecule has 0 heterocycles. The van der Waals surface area contributed by atoms with E-state index in [1.807, 2.05) is 30.3 Å². The highest BCUT2D eigenvalue weighted by molar-refractivity contribution is 7.81. The molecule has 0 bridgehead atoms. The van der Waals surface area contributed by atoms with Crippen LogP contribution in [0, 0.1) is 12.7 Å². The second-order valence-corrected chi connectivity index (χ2v) is 5.34. The third kappa shape index (κ3) is 4.10. The predicted molar refractivity (Wildman–Crippen MR) is 82.7 cm³/mol. The average molecular weight is 289 g/mol. The zero-order chi connectivity index (χ0) is 14.5. The second-order valence-electron chi connectivity index (χ2n) is 4.71. The Bertz CT molecular complexity index is 580. The molecule has 2 rings (SSSR count). The normalized spacial score (nSPS) is 11.9. The van der Waals surface area contributed by atoms with Crippen molar-refractivity contribution in [3.8, 4) is 0 Å². The summed E-state index contributed by atoms with van der Waals surface area (Å²) >= 11 is 4.31. The Morgan fingerprint density at radius 1 is 1.25 bits per heavy atom. The fourth-order valence-electron chi connectivity index (χ4n) is 1.96. The molecule has 1 atom stereocenters. The Morgan fingerprint density at radius 3 is 2.60 bits per heavy atom. The Kier molecular flexibility index (Phi) is 4.79. The third-order valence-electron chi connectivity index (χ3n) is 2.88. The molecule has 2 aromatic carbocycles. The standard InChI is InChI=1S/C16H16FNOS/c1-11-7-13(17)10-14(8-11)18-16(19)15(20)9-12-5-3-2-4-6-12/h2-8,10,15,20H,9H2,1H3,(H,18,19). The van der Waals surface area contributed by atoms with E-state index in [0.29, 0.717) is 12.1 Å². The van der Waals surface area contributed by atoms with E-state index in [4.69, 9.17) is 0 Å². The summed E-state index contributed by atoms with van der Waals surface area (Å²) < 4.78 is 13.3. The lowest BCUT2D eigenvalue weighted by atomic mass is 10.1. The Labute approximate surface area is 123 Å². The number of carbonyl (C=O) groups excluding carboxylic acids is 1. The summed E-state index contributed by atoms with van der Waals surface area (Å²) in [5, 5.41) is 2.22. The second kappa shape index (κ2) is 6.57. The Morgan fingerprint density at radius 2 is 1.95 bits per heavy atom. The summed E-state index contributed by atoms with van der Waals surface area (Å²) in [6.45, 7) is 1.78. The van der Waals surface area contributed by atoms with Gasteiger partial charge in [0.05, 0.1) is 5.25 Å². The maximum Gasteiger partial charge on any atom is 0.237 e. The first-order chi connectivity index (χ1) is 9.54. The first kappa shape index (κ1) is 14.6. The summed E-state index contributed by atoms with van der Waals surface area (Å²) in [6, 6.07) is 14.1. The van der Waals surface area contributed by atoms with E-state index in [9.17, 15) is 9.18 Å². The van der Waals surface area contributed by atoms with Crippen molar-refractivity contribution in [2.75, 3.05) is 5.32 Å². The third-order valence-corrected chi connectivity index (χ3v) is 3.30. The van der Waals surface area contributed by atoms with Gasteiger partial charge in [0.1, 0.15) is 5.82 Å². The molecule has 1 unspecified atom stereocenters. The lowest BCUT2D eigenvalue weighted by Crippen LogP contribution is -2.25. The van der Waals surface area contributed by atoms with Crippen molar-refractivity contribution in [1.82, 2.24) is 0 Å². The minimum atomic E-state index is -0.471. The fraction of sp³-hybridized carbons (Fsp3) is 0.188. The number of halogens is 1. The molecule has 20 heavy (non-hydrogen) atoms. The van der Waals surface area contributed by atoms with E-state index in [1.54, 1.807) is 13.0 Å². The topological polar surface area (TPSA) is 29.1 Å². The molecule has 0 radical (unpaired) electrons. The van der Waals surface area contributed by atoms with Crippen LogP contribution in [0.3, 0.4) is 0 Å². The van der Waals surface area contributed by atoms with Crippen LogP contribution in [-0.2, 0) is 11.2 Å². The molecule has 104 valence electrons. The quantitative estimate of drug-likeness (QED) is 0.827. The van der Waals surface area contributed by atoms with Gasteiger partial charge >= 0.3 is 0 Å². The van der Waals surface area contributed by atoms with Gasteiger partial charge in [-0.05, 0) is 42.7 Å². The number of hydrogen-bond acceptors (Lipinski definition) is 2. The highest BCUT2D eigenvalue weighted by Gasteiger charge is 2.15. The van der Waals surface area contributed by atoms with Crippen LogP contribution in [0.4, 0.5) is 10.1 Å². The van der Waals surface area contributed by atoms with Crippen LogP contribution in [0.2, 0.25) is 0 Å². The molecule has 2 nitrogen and oxygen atoms in total. The van der Waals surface area contributed by atoms with Gasteiger partial charge < -0.3 is 5.32 Å². The van der Waals surface area contributed by atoms with Crippen LogP contribution in [0.1, 0.15) is 11.1 Å². The Balaban J connectivity index is 2.00. The number of anilines is 1. The zero-order valence-corrected chi connectivity index (χ0v) is 12.0. The first-order valence-corrected chi connectivity index (χ1v) is 6.86. The maximum atomic E-state index is 13.3. The van der Waals surface area contributed by atoms with Crippen LogP contribution in [0.5, 0.6) is 0 Å². The molecule has 4 heteroatoms. The van der Waals surface area contributed by atoms with Crippen molar-refractivity contribution in [1.29, 1.82) is 0 Å². The van der Waals surface area contributed by atoms with Crippen LogP contribution >= 0.6 is 12.6 Å². The van der Waals surface area contributed by atoms with Gasteiger partial charge in [0.25, 0.3) is 0 Å².